The summed E-state index contributed by atoms with van der Waals surface area (Å²) in [5, 5.41) is 3.46. The van der Waals surface area contributed by atoms with Gasteiger partial charge in [0.15, 0.2) is 0 Å². The highest BCUT2D eigenvalue weighted by molar-refractivity contribution is 4.95. The second kappa shape index (κ2) is 5.83. The third-order valence-electron chi connectivity index (χ3n) is 3.96. The van der Waals surface area contributed by atoms with Crippen molar-refractivity contribution in [1.82, 2.24) is 10.2 Å². The monoisotopic (exact) mass is 214 g/mol. The number of hydrogen-bond donors (Lipinski definition) is 1. The van der Waals surface area contributed by atoms with Crippen LogP contribution < -0.4 is 5.32 Å². The van der Waals surface area contributed by atoms with Crippen LogP contribution in [0.25, 0.3) is 0 Å². The van der Waals surface area contributed by atoms with E-state index in [-0.39, 0.29) is 5.54 Å². The summed E-state index contributed by atoms with van der Waals surface area (Å²) in [6.45, 7) is 10.8. The summed E-state index contributed by atoms with van der Waals surface area (Å²) in [6.07, 6.45) is 2.37. The largest absolute Gasteiger partial charge is 0.379 e. The Morgan fingerprint density at radius 2 is 1.93 bits per heavy atom. The molecule has 3 heteroatoms. The van der Waals surface area contributed by atoms with Crippen molar-refractivity contribution < 1.29 is 4.74 Å². The number of nitrogens with one attached hydrogen (secondary N) is 1. The maximum atomic E-state index is 5.42. The van der Waals surface area contributed by atoms with E-state index in [1.807, 2.05) is 0 Å². The van der Waals surface area contributed by atoms with Gasteiger partial charge in [0.05, 0.1) is 13.2 Å². The number of ether oxygens (including phenoxy) is 1. The smallest absolute Gasteiger partial charge is 0.0594 e. The van der Waals surface area contributed by atoms with Crippen molar-refractivity contribution in [2.45, 2.75) is 45.2 Å². The van der Waals surface area contributed by atoms with E-state index in [4.69, 9.17) is 4.74 Å². The van der Waals surface area contributed by atoms with Crippen LogP contribution in [0, 0.1) is 0 Å². The van der Waals surface area contributed by atoms with Gasteiger partial charge in [0.2, 0.25) is 0 Å². The first-order valence-corrected chi connectivity index (χ1v) is 6.19. The Balaban J connectivity index is 2.71. The van der Waals surface area contributed by atoms with Crippen LogP contribution in [-0.4, -0.2) is 49.8 Å². The second-order valence-electron chi connectivity index (χ2n) is 4.56. The highest BCUT2D eigenvalue weighted by atomic mass is 16.5. The average Bonchev–Trinajstić information content (AvgIpc) is 2.31. The molecule has 0 aliphatic carbocycles. The lowest BCUT2D eigenvalue weighted by Crippen LogP contribution is -2.61. The van der Waals surface area contributed by atoms with E-state index in [0.717, 1.165) is 26.3 Å². The van der Waals surface area contributed by atoms with Crippen LogP contribution in [0.3, 0.4) is 0 Å². The Bertz CT molecular complexity index is 176. The molecule has 1 N–H and O–H groups in total. The van der Waals surface area contributed by atoms with Gasteiger partial charge in [0.1, 0.15) is 0 Å². The quantitative estimate of drug-likeness (QED) is 0.750. The van der Waals surface area contributed by atoms with Gasteiger partial charge in [0.25, 0.3) is 0 Å². The molecule has 2 atom stereocenters. The first-order valence-electron chi connectivity index (χ1n) is 6.19. The van der Waals surface area contributed by atoms with E-state index in [2.05, 4.69) is 38.0 Å². The molecule has 3 nitrogen and oxygen atoms in total. The molecule has 0 saturated carbocycles. The molecule has 0 radical (unpaired) electrons. The fourth-order valence-corrected chi connectivity index (χ4v) is 2.72. The molecule has 1 aliphatic rings. The standard InChI is InChI=1S/C12H26N2O/c1-5-11(13-4)12(3,6-2)14-7-9-15-10-8-14/h11,13H,5-10H2,1-4H3. The molecule has 15 heavy (non-hydrogen) atoms. The first-order chi connectivity index (χ1) is 7.19. The number of morpholine rings is 1. The number of hydrogen-bond acceptors (Lipinski definition) is 3. The van der Waals surface area contributed by atoms with E-state index in [1.54, 1.807) is 0 Å². The Hall–Kier alpha value is -0.120. The molecule has 2 unspecified atom stereocenters. The average molecular weight is 214 g/mol. The van der Waals surface area contributed by atoms with Crippen molar-refractivity contribution >= 4 is 0 Å². The molecule has 1 fully saturated rings. The van der Waals surface area contributed by atoms with Crippen molar-refractivity contribution in [3.63, 3.8) is 0 Å². The van der Waals surface area contributed by atoms with Crippen LogP contribution >= 0.6 is 0 Å². The number of nitrogens with zero attached hydrogens (tertiary/aromatic N) is 1. The molecule has 0 amide bonds. The normalized spacial score (nSPS) is 24.8. The third kappa shape index (κ3) is 2.71. The molecule has 0 aromatic heterocycles. The lowest BCUT2D eigenvalue weighted by Gasteiger charge is -2.47. The fourth-order valence-electron chi connectivity index (χ4n) is 2.72. The highest BCUT2D eigenvalue weighted by Gasteiger charge is 2.36. The Morgan fingerprint density at radius 3 is 2.33 bits per heavy atom. The summed E-state index contributed by atoms with van der Waals surface area (Å²) in [5.74, 6) is 0. The van der Waals surface area contributed by atoms with Crippen LogP contribution in [0.4, 0.5) is 0 Å². The minimum atomic E-state index is 0.271. The third-order valence-corrected chi connectivity index (χ3v) is 3.96. The van der Waals surface area contributed by atoms with Gasteiger partial charge < -0.3 is 10.1 Å². The Morgan fingerprint density at radius 1 is 1.33 bits per heavy atom. The zero-order chi connectivity index (χ0) is 11.3. The van der Waals surface area contributed by atoms with Crippen molar-refractivity contribution in [3.8, 4) is 0 Å². The van der Waals surface area contributed by atoms with Gasteiger partial charge in [0, 0.05) is 24.7 Å². The van der Waals surface area contributed by atoms with Gasteiger partial charge in [-0.15, -0.1) is 0 Å². The summed E-state index contributed by atoms with van der Waals surface area (Å²) in [6, 6.07) is 0.570. The minimum absolute atomic E-state index is 0.271. The van der Waals surface area contributed by atoms with Gasteiger partial charge in [-0.3, -0.25) is 4.90 Å². The summed E-state index contributed by atoms with van der Waals surface area (Å²) < 4.78 is 5.42. The lowest BCUT2D eigenvalue weighted by molar-refractivity contribution is -0.0318. The Kier molecular flexibility index (Phi) is 5.03. The number of rotatable bonds is 5. The fraction of sp³-hybridized carbons (Fsp3) is 1.00. The predicted molar refractivity (Wildman–Crippen MR) is 64.2 cm³/mol. The van der Waals surface area contributed by atoms with E-state index in [0.29, 0.717) is 6.04 Å². The molecular weight excluding hydrogens is 188 g/mol. The molecule has 0 spiro atoms. The van der Waals surface area contributed by atoms with Gasteiger partial charge >= 0.3 is 0 Å². The molecule has 1 rings (SSSR count). The predicted octanol–water partition coefficient (Wildman–Crippen LogP) is 1.49. The first kappa shape index (κ1) is 12.9. The van der Waals surface area contributed by atoms with E-state index in [9.17, 15) is 0 Å². The maximum absolute atomic E-state index is 5.42. The Labute approximate surface area is 94.2 Å². The van der Waals surface area contributed by atoms with Crippen molar-refractivity contribution in [2.24, 2.45) is 0 Å². The molecule has 1 aliphatic heterocycles. The SMILES string of the molecule is CCC(NC)C(C)(CC)N1CCOCC1. The van der Waals surface area contributed by atoms with Crippen molar-refractivity contribution in [3.05, 3.63) is 0 Å². The van der Waals surface area contributed by atoms with E-state index in [1.165, 1.54) is 12.8 Å². The van der Waals surface area contributed by atoms with Crippen molar-refractivity contribution in [1.29, 1.82) is 0 Å². The van der Waals surface area contributed by atoms with Crippen LogP contribution in [0.1, 0.15) is 33.6 Å². The molecule has 0 aromatic rings. The van der Waals surface area contributed by atoms with Crippen LogP contribution in [0.2, 0.25) is 0 Å². The van der Waals surface area contributed by atoms with Gasteiger partial charge in [-0.05, 0) is 26.8 Å². The van der Waals surface area contributed by atoms with E-state index < -0.39 is 0 Å². The summed E-state index contributed by atoms with van der Waals surface area (Å²) >= 11 is 0. The van der Waals surface area contributed by atoms with Crippen LogP contribution in [-0.2, 0) is 4.74 Å². The summed E-state index contributed by atoms with van der Waals surface area (Å²) in [7, 11) is 2.07. The lowest BCUT2D eigenvalue weighted by atomic mass is 9.85. The summed E-state index contributed by atoms with van der Waals surface area (Å²) in [5.41, 5.74) is 0.271. The minimum Gasteiger partial charge on any atom is -0.379 e. The number of likely N-dealkylation sites (N-methyl/N-ethyl adjacent to an activating group) is 1. The maximum Gasteiger partial charge on any atom is 0.0594 e. The molecular formula is C12H26N2O. The molecule has 90 valence electrons. The summed E-state index contributed by atoms with van der Waals surface area (Å²) in [4.78, 5) is 2.58. The molecule has 1 saturated heterocycles. The van der Waals surface area contributed by atoms with Crippen LogP contribution in [0.5, 0.6) is 0 Å². The molecule has 0 aromatic carbocycles. The van der Waals surface area contributed by atoms with Gasteiger partial charge in [-0.1, -0.05) is 13.8 Å². The zero-order valence-corrected chi connectivity index (χ0v) is 10.7. The van der Waals surface area contributed by atoms with Crippen LogP contribution in [0.15, 0.2) is 0 Å². The zero-order valence-electron chi connectivity index (χ0n) is 10.7. The highest BCUT2D eigenvalue weighted by Crippen LogP contribution is 2.26. The van der Waals surface area contributed by atoms with Gasteiger partial charge in [-0.2, -0.15) is 0 Å². The molecule has 0 bridgehead atoms. The second-order valence-corrected chi connectivity index (χ2v) is 4.56. The van der Waals surface area contributed by atoms with Crippen molar-refractivity contribution in [2.75, 3.05) is 33.4 Å². The van der Waals surface area contributed by atoms with Gasteiger partial charge in [-0.25, -0.2) is 0 Å². The van der Waals surface area contributed by atoms with E-state index >= 15 is 0 Å². The molecule has 1 heterocycles. The topological polar surface area (TPSA) is 24.5 Å².